The predicted molar refractivity (Wildman–Crippen MR) is 100 cm³/mol. The largest absolute Gasteiger partial charge is 0.413 e. The Kier molecular flexibility index (Phi) is 5.33. The molecule has 23 heavy (non-hydrogen) atoms. The summed E-state index contributed by atoms with van der Waals surface area (Å²) >= 11 is 1.72. The van der Waals surface area contributed by atoms with Crippen molar-refractivity contribution >= 4 is 26.0 Å². The van der Waals surface area contributed by atoms with E-state index in [0.29, 0.717) is 0 Å². The van der Waals surface area contributed by atoms with Crippen LogP contribution in [0.15, 0.2) is 29.2 Å². The molecular formula is C18H29NO2SSi. The van der Waals surface area contributed by atoms with Crippen LogP contribution in [0.4, 0.5) is 0 Å². The molecule has 0 aromatic heterocycles. The van der Waals surface area contributed by atoms with Gasteiger partial charge in [0, 0.05) is 4.90 Å². The van der Waals surface area contributed by atoms with Crippen LogP contribution in [0.3, 0.4) is 0 Å². The summed E-state index contributed by atoms with van der Waals surface area (Å²) in [5.74, 6) is 0.0382. The van der Waals surface area contributed by atoms with Crippen molar-refractivity contribution in [2.24, 2.45) is 5.92 Å². The Hall–Kier alpha value is -0.783. The smallest absolute Gasteiger partial charge is 0.229 e. The summed E-state index contributed by atoms with van der Waals surface area (Å²) < 4.78 is 6.43. The van der Waals surface area contributed by atoms with Crippen molar-refractivity contribution in [3.05, 3.63) is 29.8 Å². The van der Waals surface area contributed by atoms with Gasteiger partial charge in [0.25, 0.3) is 0 Å². The molecular weight excluding hydrogens is 322 g/mol. The van der Waals surface area contributed by atoms with Gasteiger partial charge in [-0.3, -0.25) is 4.79 Å². The summed E-state index contributed by atoms with van der Waals surface area (Å²) in [6, 6.07) is 8.43. The fourth-order valence-electron chi connectivity index (χ4n) is 2.41. The number of aryl methyl sites for hydroxylation is 1. The summed E-state index contributed by atoms with van der Waals surface area (Å²) in [5.41, 5.74) is 1.25. The minimum atomic E-state index is -1.86. The van der Waals surface area contributed by atoms with Gasteiger partial charge in [-0.1, -0.05) is 38.5 Å². The zero-order valence-electron chi connectivity index (χ0n) is 15.3. The number of β-lactam (4-membered cyclic amide) rings is 1. The molecule has 1 aliphatic rings. The van der Waals surface area contributed by atoms with Crippen LogP contribution in [0.5, 0.6) is 0 Å². The lowest BCUT2D eigenvalue weighted by Crippen LogP contribution is -2.62. The van der Waals surface area contributed by atoms with E-state index >= 15 is 0 Å². The number of rotatable bonds is 5. The molecule has 1 fully saturated rings. The van der Waals surface area contributed by atoms with Gasteiger partial charge in [0.1, 0.15) is 0 Å². The van der Waals surface area contributed by atoms with Crippen LogP contribution in [-0.4, -0.2) is 25.7 Å². The Labute approximate surface area is 145 Å². The Morgan fingerprint density at radius 1 is 1.22 bits per heavy atom. The van der Waals surface area contributed by atoms with Crippen LogP contribution in [-0.2, 0) is 9.22 Å². The van der Waals surface area contributed by atoms with E-state index in [-0.39, 0.29) is 28.3 Å². The second kappa shape index (κ2) is 6.61. The standard InChI is InChI=1S/C18H29NO2SSi/c1-12-8-10-14(11-9-12)22-17-15(16(20)19-17)13(2)21-23(6,7)18(3,4)5/h8-11,13,15,17H,1-7H3,(H,19,20). The van der Waals surface area contributed by atoms with Gasteiger partial charge in [0.15, 0.2) is 8.32 Å². The van der Waals surface area contributed by atoms with Gasteiger partial charge in [-0.25, -0.2) is 0 Å². The minimum absolute atomic E-state index is 0.0485. The summed E-state index contributed by atoms with van der Waals surface area (Å²) in [5, 5.41) is 3.28. The molecule has 5 heteroatoms. The van der Waals surface area contributed by atoms with Gasteiger partial charge in [0.05, 0.1) is 17.4 Å². The molecule has 1 aromatic rings. The van der Waals surface area contributed by atoms with E-state index in [0.717, 1.165) is 0 Å². The number of carbonyl (C=O) groups is 1. The maximum Gasteiger partial charge on any atom is 0.229 e. The number of benzene rings is 1. The molecule has 1 amide bonds. The maximum atomic E-state index is 12.1. The fraction of sp³-hybridized carbons (Fsp3) is 0.611. The van der Waals surface area contributed by atoms with E-state index in [1.165, 1.54) is 10.5 Å². The van der Waals surface area contributed by atoms with Crippen LogP contribution in [0, 0.1) is 12.8 Å². The Morgan fingerprint density at radius 3 is 2.26 bits per heavy atom. The number of nitrogens with one attached hydrogen (secondary N) is 1. The van der Waals surface area contributed by atoms with Crippen molar-refractivity contribution in [3.8, 4) is 0 Å². The van der Waals surface area contributed by atoms with Crippen molar-refractivity contribution in [2.45, 2.75) is 69.1 Å². The second-order valence-electron chi connectivity index (χ2n) is 7.97. The highest BCUT2D eigenvalue weighted by molar-refractivity contribution is 8.00. The zero-order valence-corrected chi connectivity index (χ0v) is 17.1. The number of amides is 1. The second-order valence-corrected chi connectivity index (χ2v) is 13.9. The molecule has 0 radical (unpaired) electrons. The number of hydrogen-bond acceptors (Lipinski definition) is 3. The molecule has 0 aliphatic carbocycles. The highest BCUT2D eigenvalue weighted by Gasteiger charge is 2.47. The van der Waals surface area contributed by atoms with Crippen LogP contribution >= 0.6 is 11.8 Å². The van der Waals surface area contributed by atoms with Gasteiger partial charge in [-0.2, -0.15) is 0 Å². The third kappa shape index (κ3) is 4.20. The van der Waals surface area contributed by atoms with Crippen molar-refractivity contribution in [2.75, 3.05) is 0 Å². The third-order valence-electron chi connectivity index (χ3n) is 4.99. The Bertz CT molecular complexity index is 565. The molecule has 3 nitrogen and oxygen atoms in total. The lowest BCUT2D eigenvalue weighted by molar-refractivity contribution is -0.136. The van der Waals surface area contributed by atoms with Gasteiger partial charge in [0.2, 0.25) is 5.91 Å². The lowest BCUT2D eigenvalue weighted by Gasteiger charge is -2.45. The zero-order chi connectivity index (χ0) is 17.4. The first-order valence-electron chi connectivity index (χ1n) is 8.23. The summed E-state index contributed by atoms with van der Waals surface area (Å²) in [6.45, 7) is 15.3. The van der Waals surface area contributed by atoms with Crippen molar-refractivity contribution < 1.29 is 9.22 Å². The van der Waals surface area contributed by atoms with Gasteiger partial charge in [-0.05, 0) is 44.1 Å². The summed E-state index contributed by atoms with van der Waals surface area (Å²) in [4.78, 5) is 13.3. The molecule has 0 bridgehead atoms. The average molecular weight is 352 g/mol. The first kappa shape index (κ1) is 18.6. The van der Waals surface area contributed by atoms with Crippen LogP contribution in [0.25, 0.3) is 0 Å². The fourth-order valence-corrected chi connectivity index (χ4v) is 5.09. The van der Waals surface area contributed by atoms with Crippen LogP contribution in [0.2, 0.25) is 18.1 Å². The predicted octanol–water partition coefficient (Wildman–Crippen LogP) is 4.57. The maximum absolute atomic E-state index is 12.1. The normalized spacial score (nSPS) is 23.2. The third-order valence-corrected chi connectivity index (χ3v) is 10.8. The highest BCUT2D eigenvalue weighted by atomic mass is 32.2. The van der Waals surface area contributed by atoms with Crippen molar-refractivity contribution in [3.63, 3.8) is 0 Å². The van der Waals surface area contributed by atoms with E-state index in [1.807, 2.05) is 6.92 Å². The minimum Gasteiger partial charge on any atom is -0.413 e. The number of thioether (sulfide) groups is 1. The Morgan fingerprint density at radius 2 is 1.78 bits per heavy atom. The topological polar surface area (TPSA) is 38.3 Å². The molecule has 0 saturated carbocycles. The van der Waals surface area contributed by atoms with E-state index in [9.17, 15) is 4.79 Å². The SMILES string of the molecule is Cc1ccc(SC2NC(=O)C2C(C)O[Si](C)(C)C(C)(C)C)cc1. The molecule has 3 atom stereocenters. The molecule has 1 heterocycles. The van der Waals surface area contributed by atoms with Gasteiger partial charge >= 0.3 is 0 Å². The molecule has 0 spiro atoms. The highest BCUT2D eigenvalue weighted by Crippen LogP contribution is 2.41. The number of hydrogen-bond donors (Lipinski definition) is 1. The van der Waals surface area contributed by atoms with Gasteiger partial charge in [-0.15, -0.1) is 11.8 Å². The Balaban J connectivity index is 2.02. The van der Waals surface area contributed by atoms with Crippen LogP contribution in [0.1, 0.15) is 33.3 Å². The molecule has 1 aliphatic heterocycles. The molecule has 1 aromatic carbocycles. The summed E-state index contributed by atoms with van der Waals surface area (Å²) in [6.07, 6.45) is -0.0485. The molecule has 3 unspecified atom stereocenters. The molecule has 2 rings (SSSR count). The van der Waals surface area contributed by atoms with E-state index in [1.54, 1.807) is 11.8 Å². The first-order chi connectivity index (χ1) is 10.5. The number of carbonyl (C=O) groups excluding carboxylic acids is 1. The molecule has 1 N–H and O–H groups in total. The van der Waals surface area contributed by atoms with Crippen LogP contribution < -0.4 is 5.32 Å². The quantitative estimate of drug-likeness (QED) is 0.624. The monoisotopic (exact) mass is 351 g/mol. The first-order valence-corrected chi connectivity index (χ1v) is 12.0. The van der Waals surface area contributed by atoms with E-state index in [2.05, 4.69) is 70.4 Å². The van der Waals surface area contributed by atoms with Crippen molar-refractivity contribution in [1.82, 2.24) is 5.32 Å². The van der Waals surface area contributed by atoms with Crippen molar-refractivity contribution in [1.29, 1.82) is 0 Å². The average Bonchev–Trinajstić information content (AvgIpc) is 2.38. The van der Waals surface area contributed by atoms with Gasteiger partial charge < -0.3 is 9.74 Å². The molecule has 128 valence electrons. The molecule has 1 saturated heterocycles. The van der Waals surface area contributed by atoms with E-state index in [4.69, 9.17) is 4.43 Å². The lowest BCUT2D eigenvalue weighted by atomic mass is 9.96. The summed E-state index contributed by atoms with van der Waals surface area (Å²) in [7, 11) is -1.86. The van der Waals surface area contributed by atoms with E-state index < -0.39 is 8.32 Å².